The third-order valence-electron chi connectivity index (χ3n) is 6.56. The van der Waals surface area contributed by atoms with Crippen LogP contribution in [0.4, 0.5) is 10.1 Å². The van der Waals surface area contributed by atoms with Crippen molar-refractivity contribution in [1.82, 2.24) is 15.2 Å². The summed E-state index contributed by atoms with van der Waals surface area (Å²) in [6, 6.07) is 8.25. The number of amides is 1. The molecule has 1 aliphatic heterocycles. The molecular formula is C30H27FN4O2S2. The lowest BCUT2D eigenvalue weighted by molar-refractivity contribution is -0.118. The maximum Gasteiger partial charge on any atom is 0.230 e. The number of terminal acetylenes is 1. The number of carbonyl (C=O) groups is 1. The second kappa shape index (κ2) is 11.9. The van der Waals surface area contributed by atoms with Gasteiger partial charge in [0, 0.05) is 47.6 Å². The van der Waals surface area contributed by atoms with E-state index in [0.29, 0.717) is 11.4 Å². The molecule has 0 fully saturated rings. The lowest BCUT2D eigenvalue weighted by Crippen LogP contribution is -2.34. The Morgan fingerprint density at radius 3 is 2.92 bits per heavy atom. The Balaban J connectivity index is 1.24. The topological polar surface area (TPSA) is 66.5 Å². The standard InChI is InChI=1S/C30H27FN4O2S2/c1-3-19-6-4-5-7-21(19)16-28(36)34-30(38)33-22-8-9-25(23(31)17-22)37-26-10-13-32-24-18-27(39-29(24)26)20-11-14-35(2)15-12-20/h1,5,7-11,13,17-18H,4,6,12,14-16H2,2H3,(H2,33,34,36,38). The van der Waals surface area contributed by atoms with Gasteiger partial charge in [0.2, 0.25) is 5.91 Å². The van der Waals surface area contributed by atoms with Crippen LogP contribution in [0, 0.1) is 18.2 Å². The van der Waals surface area contributed by atoms with Crippen molar-refractivity contribution in [3.63, 3.8) is 0 Å². The SMILES string of the molecule is C#CC1=C(CC(=O)NC(=S)Nc2ccc(Oc3ccnc4cc(C5=CCN(C)CC5)sc34)c(F)c2)C=CCC1. The minimum absolute atomic E-state index is 0.0703. The summed E-state index contributed by atoms with van der Waals surface area (Å²) >= 11 is 6.85. The van der Waals surface area contributed by atoms with Crippen LogP contribution in [0.3, 0.4) is 0 Å². The monoisotopic (exact) mass is 558 g/mol. The number of rotatable bonds is 6. The van der Waals surface area contributed by atoms with Crippen LogP contribution < -0.4 is 15.4 Å². The zero-order valence-electron chi connectivity index (χ0n) is 21.4. The van der Waals surface area contributed by atoms with E-state index in [1.54, 1.807) is 29.7 Å². The van der Waals surface area contributed by atoms with Crippen LogP contribution in [0.2, 0.25) is 0 Å². The lowest BCUT2D eigenvalue weighted by Gasteiger charge is -2.21. The predicted molar refractivity (Wildman–Crippen MR) is 159 cm³/mol. The van der Waals surface area contributed by atoms with Gasteiger partial charge in [-0.1, -0.05) is 24.1 Å². The molecule has 0 spiro atoms. The van der Waals surface area contributed by atoms with Gasteiger partial charge in [0.1, 0.15) is 5.75 Å². The third-order valence-corrected chi connectivity index (χ3v) is 7.98. The average Bonchev–Trinajstić information content (AvgIpc) is 3.36. The summed E-state index contributed by atoms with van der Waals surface area (Å²) in [6.45, 7) is 1.93. The normalized spacial score (nSPS) is 15.6. The van der Waals surface area contributed by atoms with Gasteiger partial charge in [0.15, 0.2) is 16.7 Å². The van der Waals surface area contributed by atoms with Gasteiger partial charge in [0.25, 0.3) is 0 Å². The van der Waals surface area contributed by atoms with Crippen molar-refractivity contribution in [2.45, 2.75) is 25.7 Å². The van der Waals surface area contributed by atoms with E-state index in [1.807, 2.05) is 12.2 Å². The number of allylic oxidation sites excluding steroid dienone is 3. The predicted octanol–water partition coefficient (Wildman–Crippen LogP) is 6.43. The van der Waals surface area contributed by atoms with Crippen molar-refractivity contribution in [3.05, 3.63) is 76.6 Å². The average molecular weight is 559 g/mol. The van der Waals surface area contributed by atoms with Crippen LogP contribution in [0.25, 0.3) is 15.8 Å². The molecule has 9 heteroatoms. The Hall–Kier alpha value is -3.84. The first-order valence-corrected chi connectivity index (χ1v) is 13.8. The highest BCUT2D eigenvalue weighted by molar-refractivity contribution is 7.80. The highest BCUT2D eigenvalue weighted by atomic mass is 32.1. The molecule has 0 bridgehead atoms. The Morgan fingerprint density at radius 1 is 1.28 bits per heavy atom. The molecule has 5 rings (SSSR count). The molecule has 0 unspecified atom stereocenters. The number of hydrogen-bond donors (Lipinski definition) is 2. The van der Waals surface area contributed by atoms with Crippen LogP contribution in [-0.4, -0.2) is 41.0 Å². The van der Waals surface area contributed by atoms with Gasteiger partial charge in [-0.15, -0.1) is 17.8 Å². The minimum Gasteiger partial charge on any atom is -0.453 e. The summed E-state index contributed by atoms with van der Waals surface area (Å²) in [5, 5.41) is 5.55. The van der Waals surface area contributed by atoms with Gasteiger partial charge in [-0.2, -0.15) is 0 Å². The molecule has 6 nitrogen and oxygen atoms in total. The second-order valence-electron chi connectivity index (χ2n) is 9.39. The molecule has 198 valence electrons. The Kier molecular flexibility index (Phi) is 8.17. The molecule has 3 heterocycles. The fraction of sp³-hybridized carbons (Fsp3) is 0.233. The highest BCUT2D eigenvalue weighted by Crippen LogP contribution is 2.39. The number of carbonyl (C=O) groups excluding carboxylic acids is 1. The van der Waals surface area contributed by atoms with Gasteiger partial charge in [-0.05, 0) is 67.9 Å². The summed E-state index contributed by atoms with van der Waals surface area (Å²) in [5.74, 6) is 2.41. The summed E-state index contributed by atoms with van der Waals surface area (Å²) in [5.41, 5.74) is 4.14. The van der Waals surface area contributed by atoms with Gasteiger partial charge < -0.3 is 20.3 Å². The van der Waals surface area contributed by atoms with Gasteiger partial charge in [-0.3, -0.25) is 9.78 Å². The first-order valence-electron chi connectivity index (χ1n) is 12.6. The summed E-state index contributed by atoms with van der Waals surface area (Å²) in [4.78, 5) is 20.3. The molecule has 1 amide bonds. The number of pyridine rings is 1. The quantitative estimate of drug-likeness (QED) is 0.269. The van der Waals surface area contributed by atoms with E-state index in [9.17, 15) is 4.79 Å². The number of ether oxygens (including phenoxy) is 1. The molecule has 0 saturated carbocycles. The highest BCUT2D eigenvalue weighted by Gasteiger charge is 2.17. The molecule has 0 saturated heterocycles. The molecule has 39 heavy (non-hydrogen) atoms. The van der Waals surface area contributed by atoms with Crippen molar-refractivity contribution in [2.24, 2.45) is 0 Å². The molecule has 0 radical (unpaired) electrons. The molecule has 2 aromatic heterocycles. The van der Waals surface area contributed by atoms with Crippen molar-refractivity contribution in [1.29, 1.82) is 0 Å². The number of hydrogen-bond acceptors (Lipinski definition) is 6. The zero-order valence-corrected chi connectivity index (χ0v) is 23.1. The molecule has 3 aromatic rings. The number of benzene rings is 1. The molecule has 0 atom stereocenters. The Labute approximate surface area is 236 Å². The van der Waals surface area contributed by atoms with Crippen LogP contribution in [0.5, 0.6) is 11.5 Å². The number of thiocarbonyl (C=S) groups is 1. The third kappa shape index (κ3) is 6.42. The van der Waals surface area contributed by atoms with Gasteiger partial charge in [0.05, 0.1) is 16.6 Å². The summed E-state index contributed by atoms with van der Waals surface area (Å²) < 4.78 is 21.9. The van der Waals surface area contributed by atoms with Gasteiger partial charge >= 0.3 is 0 Å². The molecule has 1 aromatic carbocycles. The molecular weight excluding hydrogens is 531 g/mol. The van der Waals surface area contributed by atoms with Crippen LogP contribution in [0.15, 0.2) is 65.9 Å². The van der Waals surface area contributed by atoms with E-state index in [4.69, 9.17) is 23.4 Å². The number of likely N-dealkylation sites (N-methyl/N-ethyl adjacent to an activating group) is 1. The smallest absolute Gasteiger partial charge is 0.230 e. The largest absolute Gasteiger partial charge is 0.453 e. The van der Waals surface area contributed by atoms with Crippen molar-refractivity contribution in [3.8, 4) is 23.8 Å². The number of nitrogens with zero attached hydrogens (tertiary/aromatic N) is 2. The number of thiophene rings is 1. The number of halogens is 1. The van der Waals surface area contributed by atoms with Crippen LogP contribution in [0.1, 0.15) is 30.6 Å². The lowest BCUT2D eigenvalue weighted by atomic mass is 9.96. The Morgan fingerprint density at radius 2 is 2.15 bits per heavy atom. The van der Waals surface area contributed by atoms with Crippen molar-refractivity contribution >= 4 is 56.1 Å². The van der Waals surface area contributed by atoms with Crippen molar-refractivity contribution in [2.75, 3.05) is 25.5 Å². The number of anilines is 1. The number of nitrogens with one attached hydrogen (secondary N) is 2. The van der Waals surface area contributed by atoms with Crippen molar-refractivity contribution < 1.29 is 13.9 Å². The first kappa shape index (κ1) is 26.8. The van der Waals surface area contributed by atoms with Crippen LogP contribution >= 0.6 is 23.6 Å². The first-order chi connectivity index (χ1) is 18.9. The van der Waals surface area contributed by atoms with E-state index in [-0.39, 0.29) is 23.2 Å². The van der Waals surface area contributed by atoms with E-state index in [0.717, 1.165) is 58.6 Å². The molecule has 2 aliphatic rings. The van der Waals surface area contributed by atoms with Gasteiger partial charge in [-0.25, -0.2) is 4.39 Å². The van der Waals surface area contributed by atoms with E-state index < -0.39 is 5.82 Å². The minimum atomic E-state index is -0.565. The number of aromatic nitrogens is 1. The zero-order chi connectivity index (χ0) is 27.4. The van der Waals surface area contributed by atoms with Crippen LogP contribution in [-0.2, 0) is 4.79 Å². The molecule has 1 aliphatic carbocycles. The second-order valence-corrected chi connectivity index (χ2v) is 10.9. The van der Waals surface area contributed by atoms with E-state index >= 15 is 4.39 Å². The molecule has 2 N–H and O–H groups in total. The number of fused-ring (bicyclic) bond motifs is 1. The van der Waals surface area contributed by atoms with E-state index in [1.165, 1.54) is 17.7 Å². The van der Waals surface area contributed by atoms with E-state index in [2.05, 4.69) is 45.6 Å². The summed E-state index contributed by atoms with van der Waals surface area (Å²) in [6.07, 6.45) is 16.0. The maximum absolute atomic E-state index is 15.0. The maximum atomic E-state index is 15.0. The fourth-order valence-corrected chi connectivity index (χ4v) is 5.84. The Bertz CT molecular complexity index is 1580. The fourth-order valence-electron chi connectivity index (χ4n) is 4.48. The summed E-state index contributed by atoms with van der Waals surface area (Å²) in [7, 11) is 2.11.